The zero-order chi connectivity index (χ0) is 23.0. The van der Waals surface area contributed by atoms with Crippen LogP contribution in [0.15, 0.2) is 53.4 Å². The number of nitrogens with zero attached hydrogens (tertiary/aromatic N) is 3. The number of hydrogen-bond acceptors (Lipinski definition) is 7. The number of piperazine rings is 1. The van der Waals surface area contributed by atoms with Gasteiger partial charge in [0.15, 0.2) is 11.5 Å². The van der Waals surface area contributed by atoms with E-state index in [4.69, 9.17) is 9.47 Å². The van der Waals surface area contributed by atoms with Gasteiger partial charge >= 0.3 is 0 Å². The number of sulfonamides is 1. The minimum absolute atomic E-state index is 0.0200. The van der Waals surface area contributed by atoms with Gasteiger partial charge in [0.25, 0.3) is 10.0 Å². The molecule has 0 aliphatic carbocycles. The summed E-state index contributed by atoms with van der Waals surface area (Å²) < 4.78 is 37.8. The van der Waals surface area contributed by atoms with Gasteiger partial charge in [-0.3, -0.25) is 14.5 Å². The first-order valence-corrected chi connectivity index (χ1v) is 12.4. The Kier molecular flexibility index (Phi) is 5.71. The van der Waals surface area contributed by atoms with Crippen molar-refractivity contribution in [2.45, 2.75) is 30.3 Å². The number of fused-ring (bicyclic) bond motifs is 1. The van der Waals surface area contributed by atoms with Gasteiger partial charge in [-0.25, -0.2) is 12.7 Å². The van der Waals surface area contributed by atoms with E-state index in [1.165, 1.54) is 12.1 Å². The van der Waals surface area contributed by atoms with Crippen molar-refractivity contribution in [1.82, 2.24) is 14.1 Å². The van der Waals surface area contributed by atoms with Crippen molar-refractivity contribution in [1.29, 1.82) is 0 Å². The number of hydrogen-bond donors (Lipinski definition) is 0. The fourth-order valence-electron chi connectivity index (χ4n) is 4.53. The SMILES string of the molecule is O=C([C@@H]1CCC(=O)N1S(=O)(=O)c1ccccc1)N1CCN(Cc2ccc3c(c2)OCO3)CC1. The molecule has 2 aromatic rings. The molecule has 0 N–H and O–H groups in total. The number of rotatable bonds is 5. The van der Waals surface area contributed by atoms with E-state index in [1.807, 2.05) is 18.2 Å². The lowest BCUT2D eigenvalue weighted by molar-refractivity contribution is -0.139. The Bertz CT molecular complexity index is 1160. The lowest BCUT2D eigenvalue weighted by Gasteiger charge is -2.37. The summed E-state index contributed by atoms with van der Waals surface area (Å²) in [6, 6.07) is 12.7. The molecule has 2 aromatic carbocycles. The Balaban J connectivity index is 1.23. The molecule has 0 aromatic heterocycles. The van der Waals surface area contributed by atoms with Gasteiger partial charge in [-0.2, -0.15) is 0 Å². The Morgan fingerprint density at radius 1 is 0.970 bits per heavy atom. The molecule has 0 unspecified atom stereocenters. The first kappa shape index (κ1) is 21.7. The Morgan fingerprint density at radius 3 is 2.45 bits per heavy atom. The van der Waals surface area contributed by atoms with Crippen LogP contribution in [-0.2, 0) is 26.2 Å². The third kappa shape index (κ3) is 4.16. The molecule has 2 saturated heterocycles. The van der Waals surface area contributed by atoms with Crippen molar-refractivity contribution in [2.24, 2.45) is 0 Å². The summed E-state index contributed by atoms with van der Waals surface area (Å²) >= 11 is 0. The van der Waals surface area contributed by atoms with Crippen molar-refractivity contribution >= 4 is 21.8 Å². The number of benzene rings is 2. The normalized spacial score (nSPS) is 21.0. The van der Waals surface area contributed by atoms with E-state index in [0.717, 1.165) is 27.9 Å². The largest absolute Gasteiger partial charge is 0.454 e. The predicted molar refractivity (Wildman–Crippen MR) is 118 cm³/mol. The highest BCUT2D eigenvalue weighted by molar-refractivity contribution is 7.89. The molecule has 3 heterocycles. The third-order valence-corrected chi connectivity index (χ3v) is 8.12. The summed E-state index contributed by atoms with van der Waals surface area (Å²) in [4.78, 5) is 29.7. The molecule has 0 bridgehead atoms. The van der Waals surface area contributed by atoms with E-state index in [9.17, 15) is 18.0 Å². The molecule has 1 atom stereocenters. The molecule has 5 rings (SSSR count). The molecule has 3 aliphatic rings. The molecule has 2 amide bonds. The van der Waals surface area contributed by atoms with E-state index in [-0.39, 0.29) is 30.4 Å². The first-order chi connectivity index (χ1) is 15.9. The summed E-state index contributed by atoms with van der Waals surface area (Å²) in [5.74, 6) is 0.656. The van der Waals surface area contributed by atoms with Crippen molar-refractivity contribution < 1.29 is 27.5 Å². The molecule has 3 aliphatic heterocycles. The molecule has 10 heteroatoms. The zero-order valence-corrected chi connectivity index (χ0v) is 18.9. The second-order valence-electron chi connectivity index (χ2n) is 8.35. The molecular formula is C23H25N3O6S. The molecule has 2 fully saturated rings. The van der Waals surface area contributed by atoms with Crippen LogP contribution in [0.1, 0.15) is 18.4 Å². The molecular weight excluding hydrogens is 446 g/mol. The number of carbonyl (C=O) groups excluding carboxylic acids is 2. The van der Waals surface area contributed by atoms with Crippen LogP contribution in [0.2, 0.25) is 0 Å². The van der Waals surface area contributed by atoms with Crippen molar-refractivity contribution in [3.05, 3.63) is 54.1 Å². The Labute approximate surface area is 192 Å². The van der Waals surface area contributed by atoms with Crippen LogP contribution in [0.3, 0.4) is 0 Å². The fraction of sp³-hybridized carbons (Fsp3) is 0.391. The quantitative estimate of drug-likeness (QED) is 0.651. The number of ether oxygens (including phenoxy) is 2. The average molecular weight is 472 g/mol. The summed E-state index contributed by atoms with van der Waals surface area (Å²) in [5, 5.41) is 0. The van der Waals surface area contributed by atoms with Gasteiger partial charge in [-0.15, -0.1) is 0 Å². The van der Waals surface area contributed by atoms with Crippen LogP contribution in [0.25, 0.3) is 0 Å². The molecule has 33 heavy (non-hydrogen) atoms. The van der Waals surface area contributed by atoms with Crippen LogP contribution in [0.4, 0.5) is 0 Å². The smallest absolute Gasteiger partial charge is 0.267 e. The third-order valence-electron chi connectivity index (χ3n) is 6.27. The maximum absolute atomic E-state index is 13.2. The predicted octanol–water partition coefficient (Wildman–Crippen LogP) is 1.44. The van der Waals surface area contributed by atoms with Gasteiger partial charge in [0.2, 0.25) is 18.6 Å². The van der Waals surface area contributed by atoms with E-state index in [0.29, 0.717) is 26.2 Å². The molecule has 174 valence electrons. The molecule has 9 nitrogen and oxygen atoms in total. The topological polar surface area (TPSA) is 96.5 Å². The maximum Gasteiger partial charge on any atom is 0.267 e. The van der Waals surface area contributed by atoms with Crippen LogP contribution < -0.4 is 9.47 Å². The van der Waals surface area contributed by atoms with Crippen molar-refractivity contribution in [2.75, 3.05) is 33.0 Å². The number of amides is 2. The highest BCUT2D eigenvalue weighted by Crippen LogP contribution is 2.33. The van der Waals surface area contributed by atoms with Crippen LogP contribution >= 0.6 is 0 Å². The lowest BCUT2D eigenvalue weighted by Crippen LogP contribution is -2.54. The van der Waals surface area contributed by atoms with Crippen LogP contribution in [-0.4, -0.2) is 73.4 Å². The average Bonchev–Trinajstić information content (AvgIpc) is 3.46. The standard InChI is InChI=1S/C23H25N3O6S/c27-22-9-7-19(26(22)33(29,30)18-4-2-1-3-5-18)23(28)25-12-10-24(11-13-25)15-17-6-8-20-21(14-17)32-16-31-20/h1-6,8,14,19H,7,9-13,15-16H2/t19-/m0/s1. The maximum atomic E-state index is 13.2. The highest BCUT2D eigenvalue weighted by atomic mass is 32.2. The summed E-state index contributed by atoms with van der Waals surface area (Å²) in [6.07, 6.45) is 0.258. The second-order valence-corrected chi connectivity index (χ2v) is 10.2. The van der Waals surface area contributed by atoms with E-state index in [1.54, 1.807) is 23.1 Å². The summed E-state index contributed by atoms with van der Waals surface area (Å²) in [7, 11) is -4.07. The molecule has 0 spiro atoms. The first-order valence-electron chi connectivity index (χ1n) is 11.0. The molecule has 0 radical (unpaired) electrons. The second kappa shape index (κ2) is 8.68. The molecule has 0 saturated carbocycles. The number of carbonyl (C=O) groups is 2. The van der Waals surface area contributed by atoms with Crippen molar-refractivity contribution in [3.63, 3.8) is 0 Å². The fourth-order valence-corrected chi connectivity index (χ4v) is 6.15. The minimum atomic E-state index is -4.07. The van der Waals surface area contributed by atoms with E-state index >= 15 is 0 Å². The van der Waals surface area contributed by atoms with E-state index in [2.05, 4.69) is 4.90 Å². The minimum Gasteiger partial charge on any atom is -0.454 e. The Hall–Kier alpha value is -3.11. The van der Waals surface area contributed by atoms with Crippen molar-refractivity contribution in [3.8, 4) is 11.5 Å². The monoisotopic (exact) mass is 471 g/mol. The van der Waals surface area contributed by atoms with Crippen LogP contribution in [0, 0.1) is 0 Å². The van der Waals surface area contributed by atoms with E-state index < -0.39 is 22.0 Å². The van der Waals surface area contributed by atoms with Gasteiger partial charge in [-0.05, 0) is 36.2 Å². The Morgan fingerprint density at radius 2 is 1.70 bits per heavy atom. The lowest BCUT2D eigenvalue weighted by atomic mass is 10.1. The van der Waals surface area contributed by atoms with Gasteiger partial charge in [0, 0.05) is 39.1 Å². The van der Waals surface area contributed by atoms with Gasteiger partial charge in [0.05, 0.1) is 4.90 Å². The summed E-state index contributed by atoms with van der Waals surface area (Å²) in [5.41, 5.74) is 1.10. The summed E-state index contributed by atoms with van der Waals surface area (Å²) in [6.45, 7) is 3.23. The van der Waals surface area contributed by atoms with Gasteiger partial charge in [0.1, 0.15) is 6.04 Å². The zero-order valence-electron chi connectivity index (χ0n) is 18.1. The van der Waals surface area contributed by atoms with Gasteiger partial charge in [-0.1, -0.05) is 24.3 Å². The highest BCUT2D eigenvalue weighted by Gasteiger charge is 2.45. The van der Waals surface area contributed by atoms with Gasteiger partial charge < -0.3 is 14.4 Å². The van der Waals surface area contributed by atoms with Crippen LogP contribution in [0.5, 0.6) is 11.5 Å².